The van der Waals surface area contributed by atoms with Gasteiger partial charge in [-0.3, -0.25) is 9.59 Å². The first-order valence-corrected chi connectivity index (χ1v) is 11.6. The van der Waals surface area contributed by atoms with E-state index in [1.807, 2.05) is 19.9 Å². The minimum absolute atomic E-state index is 0.0948. The van der Waals surface area contributed by atoms with Gasteiger partial charge in [-0.1, -0.05) is 38.0 Å². The summed E-state index contributed by atoms with van der Waals surface area (Å²) in [5.74, 6) is -0.834. The van der Waals surface area contributed by atoms with Crippen molar-refractivity contribution < 1.29 is 14.0 Å². The van der Waals surface area contributed by atoms with Crippen molar-refractivity contribution in [1.29, 1.82) is 0 Å². The van der Waals surface area contributed by atoms with Crippen molar-refractivity contribution in [3.05, 3.63) is 34.9 Å². The summed E-state index contributed by atoms with van der Waals surface area (Å²) in [5.41, 5.74) is 8.00. The van der Waals surface area contributed by atoms with E-state index in [4.69, 9.17) is 10.2 Å². The van der Waals surface area contributed by atoms with Crippen LogP contribution >= 0.6 is 0 Å². The highest BCUT2D eigenvalue weighted by atomic mass is 28.4. The van der Waals surface area contributed by atoms with Gasteiger partial charge >= 0.3 is 0 Å². The molecule has 0 aromatic heterocycles. The van der Waals surface area contributed by atoms with Crippen LogP contribution in [0.3, 0.4) is 0 Å². The number of carbonyl (C=O) groups excluding carboxylic acids is 2. The van der Waals surface area contributed by atoms with Crippen molar-refractivity contribution in [2.24, 2.45) is 5.73 Å². The molecule has 0 spiro atoms. The predicted molar refractivity (Wildman–Crippen MR) is 104 cm³/mol. The second-order valence-corrected chi connectivity index (χ2v) is 13.0. The van der Waals surface area contributed by atoms with Crippen LogP contribution < -0.4 is 11.1 Å². The molecule has 0 unspecified atom stereocenters. The number of hydrogen-bond acceptors (Lipinski definition) is 3. The highest BCUT2D eigenvalue weighted by Crippen LogP contribution is 2.36. The Balaban J connectivity index is 2.72. The molecule has 0 bridgehead atoms. The van der Waals surface area contributed by atoms with Gasteiger partial charge in [0, 0.05) is 12.2 Å². The predicted octanol–water partition coefficient (Wildman–Crippen LogP) is 3.30. The van der Waals surface area contributed by atoms with Gasteiger partial charge in [-0.15, -0.1) is 0 Å². The van der Waals surface area contributed by atoms with Crippen LogP contribution in [0.2, 0.25) is 18.1 Å². The van der Waals surface area contributed by atoms with Gasteiger partial charge in [-0.05, 0) is 50.5 Å². The molecule has 0 heterocycles. The van der Waals surface area contributed by atoms with Gasteiger partial charge in [0.25, 0.3) is 5.91 Å². The van der Waals surface area contributed by atoms with Gasteiger partial charge in [0.1, 0.15) is 6.04 Å². The molecule has 25 heavy (non-hydrogen) atoms. The fourth-order valence-electron chi connectivity index (χ4n) is 2.28. The number of rotatable bonds is 7. The third-order valence-electron chi connectivity index (χ3n) is 4.81. The van der Waals surface area contributed by atoms with Crippen molar-refractivity contribution in [3.8, 4) is 0 Å². The maximum absolute atomic E-state index is 12.4. The summed E-state index contributed by atoms with van der Waals surface area (Å²) < 4.78 is 6.08. The summed E-state index contributed by atoms with van der Waals surface area (Å²) in [6.45, 7) is 15.1. The molecule has 6 heteroatoms. The monoisotopic (exact) mass is 364 g/mol. The highest BCUT2D eigenvalue weighted by molar-refractivity contribution is 6.74. The van der Waals surface area contributed by atoms with Crippen LogP contribution in [0.5, 0.6) is 0 Å². The topological polar surface area (TPSA) is 81.4 Å². The maximum Gasteiger partial charge on any atom is 0.251 e. The van der Waals surface area contributed by atoms with E-state index in [1.54, 1.807) is 12.1 Å². The number of nitrogens with one attached hydrogen (secondary N) is 1. The van der Waals surface area contributed by atoms with Crippen LogP contribution in [0.4, 0.5) is 0 Å². The van der Waals surface area contributed by atoms with Gasteiger partial charge in [-0.2, -0.15) is 0 Å². The smallest absolute Gasteiger partial charge is 0.251 e. The molecule has 1 rings (SSSR count). The van der Waals surface area contributed by atoms with E-state index < -0.39 is 20.3 Å². The van der Waals surface area contributed by atoms with Crippen molar-refractivity contribution in [3.63, 3.8) is 0 Å². The Hall–Kier alpha value is -1.66. The standard InChI is InChI=1S/C19H32N2O3Si/c1-13-10-14(2)12-15(11-13)18(23)21-16(17(20)22)8-9-24-25(6,7)19(3,4)5/h10-12,16H,8-9H2,1-7H3,(H2,20,22)(H,21,23)/t16-/m0/s1. The fraction of sp³-hybridized carbons (Fsp3) is 0.579. The van der Waals surface area contributed by atoms with Gasteiger partial charge in [-0.25, -0.2) is 0 Å². The van der Waals surface area contributed by atoms with E-state index in [0.29, 0.717) is 18.6 Å². The van der Waals surface area contributed by atoms with Crippen LogP contribution in [0.1, 0.15) is 48.7 Å². The third-order valence-corrected chi connectivity index (χ3v) is 9.35. The first-order valence-electron chi connectivity index (χ1n) is 8.66. The molecule has 140 valence electrons. The number of benzene rings is 1. The van der Waals surface area contributed by atoms with Gasteiger partial charge in [0.05, 0.1) is 0 Å². The lowest BCUT2D eigenvalue weighted by atomic mass is 10.1. The average molecular weight is 365 g/mol. The molecule has 0 aliphatic rings. The van der Waals surface area contributed by atoms with Crippen LogP contribution in [0, 0.1) is 13.8 Å². The molecule has 1 aromatic rings. The van der Waals surface area contributed by atoms with E-state index in [1.165, 1.54) is 0 Å². The minimum atomic E-state index is -1.89. The SMILES string of the molecule is Cc1cc(C)cc(C(=O)N[C@@H](CCO[Si](C)(C)C(C)(C)C)C(N)=O)c1. The molecular weight excluding hydrogens is 332 g/mol. The zero-order chi connectivity index (χ0) is 19.4. The molecule has 0 aliphatic carbocycles. The molecule has 0 saturated heterocycles. The Morgan fingerprint density at radius 2 is 1.68 bits per heavy atom. The van der Waals surface area contributed by atoms with Crippen LogP contribution in [-0.2, 0) is 9.22 Å². The van der Waals surface area contributed by atoms with Crippen molar-refractivity contribution in [1.82, 2.24) is 5.32 Å². The molecule has 0 radical (unpaired) electrons. The molecule has 1 atom stereocenters. The highest BCUT2D eigenvalue weighted by Gasteiger charge is 2.37. The number of amides is 2. The fourth-order valence-corrected chi connectivity index (χ4v) is 3.34. The summed E-state index contributed by atoms with van der Waals surface area (Å²) in [4.78, 5) is 24.1. The molecule has 2 amide bonds. The second kappa shape index (κ2) is 8.14. The number of aryl methyl sites for hydroxylation is 2. The van der Waals surface area contributed by atoms with E-state index in [2.05, 4.69) is 39.2 Å². The quantitative estimate of drug-likeness (QED) is 0.728. The number of nitrogens with two attached hydrogens (primary N) is 1. The molecule has 0 fully saturated rings. The molecular formula is C19H32N2O3Si. The van der Waals surface area contributed by atoms with Crippen molar-refractivity contribution in [2.75, 3.05) is 6.61 Å². The Bertz CT molecular complexity index is 616. The van der Waals surface area contributed by atoms with E-state index >= 15 is 0 Å². The second-order valence-electron chi connectivity index (χ2n) is 8.20. The molecule has 0 saturated carbocycles. The summed E-state index contributed by atoms with van der Waals surface area (Å²) in [7, 11) is -1.89. The zero-order valence-corrected chi connectivity index (χ0v) is 17.5. The van der Waals surface area contributed by atoms with Crippen LogP contribution in [-0.4, -0.2) is 32.8 Å². The average Bonchev–Trinajstić information content (AvgIpc) is 2.43. The van der Waals surface area contributed by atoms with E-state index in [-0.39, 0.29) is 10.9 Å². The Labute approximate surface area is 152 Å². The largest absolute Gasteiger partial charge is 0.417 e. The lowest BCUT2D eigenvalue weighted by molar-refractivity contribution is -0.120. The van der Waals surface area contributed by atoms with Gasteiger partial charge in [0.15, 0.2) is 8.32 Å². The van der Waals surface area contributed by atoms with Gasteiger partial charge in [0.2, 0.25) is 5.91 Å². The summed E-state index contributed by atoms with van der Waals surface area (Å²) in [6, 6.07) is 4.85. The van der Waals surface area contributed by atoms with E-state index in [9.17, 15) is 9.59 Å². The summed E-state index contributed by atoms with van der Waals surface area (Å²) >= 11 is 0. The summed E-state index contributed by atoms with van der Waals surface area (Å²) in [5, 5.41) is 2.83. The lowest BCUT2D eigenvalue weighted by Gasteiger charge is -2.36. The maximum atomic E-state index is 12.4. The zero-order valence-electron chi connectivity index (χ0n) is 16.5. The Morgan fingerprint density at radius 3 is 2.12 bits per heavy atom. The molecule has 0 aliphatic heterocycles. The minimum Gasteiger partial charge on any atom is -0.417 e. The number of primary amides is 1. The number of carbonyl (C=O) groups is 2. The van der Waals surface area contributed by atoms with Crippen molar-refractivity contribution >= 4 is 20.1 Å². The number of hydrogen-bond donors (Lipinski definition) is 2. The molecule has 5 nitrogen and oxygen atoms in total. The van der Waals surface area contributed by atoms with Crippen LogP contribution in [0.25, 0.3) is 0 Å². The Morgan fingerprint density at radius 1 is 1.16 bits per heavy atom. The first-order chi connectivity index (χ1) is 11.3. The first kappa shape index (κ1) is 21.4. The molecule has 3 N–H and O–H groups in total. The third kappa shape index (κ3) is 6.29. The summed E-state index contributed by atoms with van der Waals surface area (Å²) in [6.07, 6.45) is 0.373. The molecule has 1 aromatic carbocycles. The Kier molecular flexibility index (Phi) is 6.96. The van der Waals surface area contributed by atoms with Crippen molar-refractivity contribution in [2.45, 2.75) is 65.2 Å². The normalized spacial score (nSPS) is 13.4. The van der Waals surface area contributed by atoms with Gasteiger partial charge < -0.3 is 15.5 Å². The van der Waals surface area contributed by atoms with Crippen LogP contribution in [0.15, 0.2) is 18.2 Å². The lowest BCUT2D eigenvalue weighted by Crippen LogP contribution is -2.47. The van der Waals surface area contributed by atoms with E-state index in [0.717, 1.165) is 11.1 Å².